The Kier molecular flexibility index (Phi) is 3.60. The highest BCUT2D eigenvalue weighted by atomic mass is 79.9. The number of amides is 2. The van der Waals surface area contributed by atoms with Crippen LogP contribution in [0.4, 0.5) is 14.5 Å². The predicted octanol–water partition coefficient (Wildman–Crippen LogP) is 1.94. The highest BCUT2D eigenvalue weighted by Gasteiger charge is 2.27. The van der Waals surface area contributed by atoms with E-state index in [0.717, 1.165) is 12.1 Å². The summed E-state index contributed by atoms with van der Waals surface area (Å²) >= 11 is 2.84. The third kappa shape index (κ3) is 2.66. The first-order valence-corrected chi connectivity index (χ1v) is 6.01. The fraction of sp³-hybridized carbons (Fsp3) is 0.273. The van der Waals surface area contributed by atoms with Crippen LogP contribution in [0.1, 0.15) is 12.8 Å². The lowest BCUT2D eigenvalue weighted by Crippen LogP contribution is -2.37. The molecular formula is C11H9BrF2N2O2. The number of benzene rings is 1. The predicted molar refractivity (Wildman–Crippen MR) is 63.9 cm³/mol. The maximum atomic E-state index is 13.5. The minimum atomic E-state index is -0.749. The zero-order chi connectivity index (χ0) is 13.3. The van der Waals surface area contributed by atoms with E-state index in [1.165, 1.54) is 0 Å². The van der Waals surface area contributed by atoms with Gasteiger partial charge in [0.2, 0.25) is 11.8 Å². The van der Waals surface area contributed by atoms with Gasteiger partial charge in [0.05, 0.1) is 10.2 Å². The third-order valence-electron chi connectivity index (χ3n) is 2.58. The molecule has 96 valence electrons. The van der Waals surface area contributed by atoms with E-state index < -0.39 is 23.6 Å². The van der Waals surface area contributed by atoms with Gasteiger partial charge in [0.1, 0.15) is 17.7 Å². The molecule has 4 nitrogen and oxygen atoms in total. The second-order valence-corrected chi connectivity index (χ2v) is 4.75. The van der Waals surface area contributed by atoms with Crippen molar-refractivity contribution >= 4 is 33.4 Å². The van der Waals surface area contributed by atoms with Crippen LogP contribution in [0.5, 0.6) is 0 Å². The van der Waals surface area contributed by atoms with Gasteiger partial charge in [0.15, 0.2) is 0 Å². The van der Waals surface area contributed by atoms with Gasteiger partial charge in [-0.25, -0.2) is 8.78 Å². The number of carbonyl (C=O) groups excluding carboxylic acids is 2. The molecule has 1 fully saturated rings. The Hall–Kier alpha value is -1.50. The van der Waals surface area contributed by atoms with Gasteiger partial charge < -0.3 is 10.6 Å². The number of hydrogen-bond acceptors (Lipinski definition) is 2. The molecule has 1 aliphatic rings. The summed E-state index contributed by atoms with van der Waals surface area (Å²) in [5.74, 6) is -2.21. The topological polar surface area (TPSA) is 58.2 Å². The van der Waals surface area contributed by atoms with Crippen LogP contribution in [0.15, 0.2) is 16.6 Å². The van der Waals surface area contributed by atoms with Crippen LogP contribution in [0.3, 0.4) is 0 Å². The summed E-state index contributed by atoms with van der Waals surface area (Å²) in [4.78, 5) is 22.6. The van der Waals surface area contributed by atoms with Gasteiger partial charge in [-0.15, -0.1) is 0 Å². The maximum absolute atomic E-state index is 13.5. The van der Waals surface area contributed by atoms with E-state index in [0.29, 0.717) is 6.42 Å². The smallest absolute Gasteiger partial charge is 0.247 e. The standard InChI is InChI=1S/C11H9BrF2N2O2/c12-5-3-7(14)9(4-6(5)13)16-11(18)8-1-2-10(17)15-8/h3-4,8H,1-2H2,(H,15,17)(H,16,18)/t8-/m1/s1. The maximum Gasteiger partial charge on any atom is 0.247 e. The van der Waals surface area contributed by atoms with E-state index in [1.807, 2.05) is 0 Å². The Bertz CT molecular complexity index is 522. The van der Waals surface area contributed by atoms with E-state index in [1.54, 1.807) is 0 Å². The summed E-state index contributed by atoms with van der Waals surface area (Å²) in [5, 5.41) is 4.69. The molecule has 2 amide bonds. The fourth-order valence-electron chi connectivity index (χ4n) is 1.65. The van der Waals surface area contributed by atoms with Gasteiger partial charge in [0, 0.05) is 12.5 Å². The summed E-state index contributed by atoms with van der Waals surface area (Å²) < 4.78 is 26.6. The monoisotopic (exact) mass is 318 g/mol. The Morgan fingerprint density at radius 2 is 2.11 bits per heavy atom. The van der Waals surface area contributed by atoms with Gasteiger partial charge in [-0.2, -0.15) is 0 Å². The molecule has 18 heavy (non-hydrogen) atoms. The van der Waals surface area contributed by atoms with Crippen molar-refractivity contribution in [3.8, 4) is 0 Å². The van der Waals surface area contributed by atoms with Crippen molar-refractivity contribution in [2.45, 2.75) is 18.9 Å². The Morgan fingerprint density at radius 3 is 2.72 bits per heavy atom. The molecule has 1 heterocycles. The fourth-order valence-corrected chi connectivity index (χ4v) is 1.96. The first-order chi connectivity index (χ1) is 8.47. The lowest BCUT2D eigenvalue weighted by atomic mass is 10.2. The molecule has 0 bridgehead atoms. The van der Waals surface area contributed by atoms with Crippen molar-refractivity contribution in [1.82, 2.24) is 5.32 Å². The summed E-state index contributed by atoms with van der Waals surface area (Å²) in [5.41, 5.74) is -0.248. The normalized spacial score (nSPS) is 18.6. The molecule has 1 aliphatic heterocycles. The molecule has 0 saturated carbocycles. The van der Waals surface area contributed by atoms with Gasteiger partial charge in [-0.05, 0) is 28.4 Å². The zero-order valence-electron chi connectivity index (χ0n) is 9.10. The Labute approximate surface area is 110 Å². The summed E-state index contributed by atoms with van der Waals surface area (Å²) in [6, 6.07) is 1.12. The van der Waals surface area contributed by atoms with Gasteiger partial charge >= 0.3 is 0 Å². The number of rotatable bonds is 2. The van der Waals surface area contributed by atoms with E-state index >= 15 is 0 Å². The molecule has 1 aromatic carbocycles. The highest BCUT2D eigenvalue weighted by molar-refractivity contribution is 9.10. The SMILES string of the molecule is O=C1CC[C@H](C(=O)Nc2cc(F)c(Br)cc2F)N1. The molecule has 7 heteroatoms. The molecule has 2 N–H and O–H groups in total. The molecule has 0 aromatic heterocycles. The summed E-state index contributed by atoms with van der Waals surface area (Å²) in [7, 11) is 0. The van der Waals surface area contributed by atoms with E-state index in [9.17, 15) is 18.4 Å². The van der Waals surface area contributed by atoms with Crippen molar-refractivity contribution in [2.75, 3.05) is 5.32 Å². The molecular weight excluding hydrogens is 310 g/mol. The largest absolute Gasteiger partial charge is 0.344 e. The minimum absolute atomic E-state index is 0.0211. The zero-order valence-corrected chi connectivity index (χ0v) is 10.7. The summed E-state index contributed by atoms with van der Waals surface area (Å²) in [6.07, 6.45) is 0.612. The molecule has 2 rings (SSSR count). The highest BCUT2D eigenvalue weighted by Crippen LogP contribution is 2.23. The molecule has 0 spiro atoms. The number of halogens is 3. The van der Waals surface area contributed by atoms with Gasteiger partial charge in [-0.3, -0.25) is 9.59 Å². The second-order valence-electron chi connectivity index (χ2n) is 3.89. The Morgan fingerprint density at radius 1 is 1.39 bits per heavy atom. The van der Waals surface area contributed by atoms with Crippen LogP contribution >= 0.6 is 15.9 Å². The summed E-state index contributed by atoms with van der Waals surface area (Å²) in [6.45, 7) is 0. The van der Waals surface area contributed by atoms with Crippen molar-refractivity contribution in [2.24, 2.45) is 0 Å². The molecule has 0 radical (unpaired) electrons. The lowest BCUT2D eigenvalue weighted by molar-refractivity contribution is -0.122. The average molecular weight is 319 g/mol. The number of anilines is 1. The van der Waals surface area contributed by atoms with E-state index in [-0.39, 0.29) is 22.5 Å². The van der Waals surface area contributed by atoms with Crippen molar-refractivity contribution in [1.29, 1.82) is 0 Å². The van der Waals surface area contributed by atoms with Crippen LogP contribution in [0.2, 0.25) is 0 Å². The number of hydrogen-bond donors (Lipinski definition) is 2. The Balaban J connectivity index is 2.12. The second kappa shape index (κ2) is 5.01. The quantitative estimate of drug-likeness (QED) is 0.819. The molecule has 0 unspecified atom stereocenters. The first kappa shape index (κ1) is 12.9. The third-order valence-corrected chi connectivity index (χ3v) is 3.19. The van der Waals surface area contributed by atoms with Crippen molar-refractivity contribution in [3.05, 3.63) is 28.2 Å². The van der Waals surface area contributed by atoms with Gasteiger partial charge in [-0.1, -0.05) is 0 Å². The lowest BCUT2D eigenvalue weighted by Gasteiger charge is -2.11. The van der Waals surface area contributed by atoms with E-state index in [2.05, 4.69) is 26.6 Å². The molecule has 1 aromatic rings. The average Bonchev–Trinajstić information content (AvgIpc) is 2.73. The number of nitrogens with one attached hydrogen (secondary N) is 2. The molecule has 0 aliphatic carbocycles. The first-order valence-electron chi connectivity index (χ1n) is 5.22. The van der Waals surface area contributed by atoms with Crippen LogP contribution < -0.4 is 10.6 Å². The van der Waals surface area contributed by atoms with Crippen LogP contribution in [0.25, 0.3) is 0 Å². The van der Waals surface area contributed by atoms with Crippen LogP contribution in [0, 0.1) is 11.6 Å². The van der Waals surface area contributed by atoms with Crippen molar-refractivity contribution in [3.63, 3.8) is 0 Å². The number of carbonyl (C=O) groups is 2. The van der Waals surface area contributed by atoms with Crippen LogP contribution in [-0.2, 0) is 9.59 Å². The van der Waals surface area contributed by atoms with Crippen LogP contribution in [-0.4, -0.2) is 17.9 Å². The molecule has 1 atom stereocenters. The van der Waals surface area contributed by atoms with E-state index in [4.69, 9.17) is 0 Å². The van der Waals surface area contributed by atoms with Gasteiger partial charge in [0.25, 0.3) is 0 Å². The molecule has 1 saturated heterocycles. The van der Waals surface area contributed by atoms with Crippen molar-refractivity contribution < 1.29 is 18.4 Å². The minimum Gasteiger partial charge on any atom is -0.344 e.